The number of aromatic hydroxyl groups is 1. The molecule has 0 radical (unpaired) electrons. The molecule has 0 amide bonds. The van der Waals surface area contributed by atoms with Gasteiger partial charge in [0.25, 0.3) is 5.56 Å². The number of rotatable bonds is 5. The highest BCUT2D eigenvalue weighted by Gasteiger charge is 2.42. The van der Waals surface area contributed by atoms with Gasteiger partial charge in [0, 0.05) is 18.3 Å². The SMILES string of the molecule is CNCc1c(O)c2ncc(CC3=CC=C(F)C=CC3)c3c2n(c1=O)CC(C)(C(=O)O)O3. The molecule has 9 heteroatoms. The molecule has 3 heterocycles. The first kappa shape index (κ1) is 20.8. The average Bonchev–Trinajstić information content (AvgIpc) is 2.94. The maximum absolute atomic E-state index is 13.5. The van der Waals surface area contributed by atoms with Gasteiger partial charge in [-0.2, -0.15) is 0 Å². The van der Waals surface area contributed by atoms with Crippen molar-refractivity contribution >= 4 is 17.0 Å². The second kappa shape index (κ2) is 7.66. The summed E-state index contributed by atoms with van der Waals surface area (Å²) in [6.07, 6.45) is 8.39. The number of hydrogen-bond donors (Lipinski definition) is 3. The Labute approximate surface area is 177 Å². The Hall–Kier alpha value is -3.46. The van der Waals surface area contributed by atoms with Crippen LogP contribution in [0.25, 0.3) is 11.0 Å². The Bertz CT molecular complexity index is 1240. The number of carboxylic acid groups (broad SMARTS) is 1. The van der Waals surface area contributed by atoms with Gasteiger partial charge in [0.1, 0.15) is 16.9 Å². The molecule has 2 aromatic rings. The molecule has 0 spiro atoms. The molecule has 0 aromatic carbocycles. The van der Waals surface area contributed by atoms with E-state index < -0.39 is 17.1 Å². The van der Waals surface area contributed by atoms with Gasteiger partial charge < -0.3 is 20.3 Å². The molecule has 3 N–H and O–H groups in total. The van der Waals surface area contributed by atoms with Crippen LogP contribution in [-0.2, 0) is 24.3 Å². The molecule has 31 heavy (non-hydrogen) atoms. The van der Waals surface area contributed by atoms with Crippen LogP contribution in [0.15, 0.2) is 46.7 Å². The quantitative estimate of drug-likeness (QED) is 0.671. The second-order valence-corrected chi connectivity index (χ2v) is 7.86. The standard InChI is InChI=1S/C22H22FN3O5/c1-22(21(29)30)11-26-17-16(18(27)15(10-24-2)20(26)28)25-9-13(19(17)31-22)8-12-4-3-5-14(23)7-6-12/h3,5-7,9,24,27H,4,8,10-11H2,1-2H3,(H,29,30). The van der Waals surface area contributed by atoms with Crippen molar-refractivity contribution < 1.29 is 24.1 Å². The summed E-state index contributed by atoms with van der Waals surface area (Å²) < 4.78 is 20.7. The van der Waals surface area contributed by atoms with Crippen molar-refractivity contribution in [1.29, 1.82) is 0 Å². The number of aromatic nitrogens is 2. The maximum Gasteiger partial charge on any atom is 0.349 e. The van der Waals surface area contributed by atoms with Gasteiger partial charge in [0.2, 0.25) is 5.60 Å². The lowest BCUT2D eigenvalue weighted by molar-refractivity contribution is -0.155. The van der Waals surface area contributed by atoms with Crippen molar-refractivity contribution in [3.8, 4) is 11.5 Å². The zero-order valence-electron chi connectivity index (χ0n) is 17.1. The Morgan fingerprint density at radius 3 is 2.90 bits per heavy atom. The molecule has 2 aromatic heterocycles. The van der Waals surface area contributed by atoms with Gasteiger partial charge in [-0.3, -0.25) is 14.3 Å². The monoisotopic (exact) mass is 427 g/mol. The van der Waals surface area contributed by atoms with Gasteiger partial charge >= 0.3 is 5.97 Å². The van der Waals surface area contributed by atoms with Crippen LogP contribution in [0.4, 0.5) is 4.39 Å². The number of ether oxygens (including phenoxy) is 1. The third kappa shape index (κ3) is 3.50. The molecule has 8 nitrogen and oxygen atoms in total. The number of carbonyl (C=O) groups is 1. The van der Waals surface area contributed by atoms with Crippen LogP contribution in [0.1, 0.15) is 24.5 Å². The number of aliphatic carboxylic acids is 1. The van der Waals surface area contributed by atoms with E-state index in [0.717, 1.165) is 5.57 Å². The average molecular weight is 427 g/mol. The summed E-state index contributed by atoms with van der Waals surface area (Å²) in [5.41, 5.74) is -0.259. The zero-order valence-corrected chi connectivity index (χ0v) is 17.1. The van der Waals surface area contributed by atoms with Gasteiger partial charge in [-0.05, 0) is 39.0 Å². The van der Waals surface area contributed by atoms with E-state index in [1.165, 1.54) is 29.8 Å². The molecule has 162 valence electrons. The van der Waals surface area contributed by atoms with Crippen LogP contribution < -0.4 is 15.6 Å². The molecule has 1 aliphatic carbocycles. The Morgan fingerprint density at radius 1 is 1.42 bits per heavy atom. The minimum absolute atomic E-state index is 0.0983. The number of pyridine rings is 2. The molecule has 1 unspecified atom stereocenters. The van der Waals surface area contributed by atoms with Crippen LogP contribution in [0, 0.1) is 0 Å². The van der Waals surface area contributed by atoms with E-state index in [1.54, 1.807) is 19.2 Å². The summed E-state index contributed by atoms with van der Waals surface area (Å²) >= 11 is 0. The fourth-order valence-electron chi connectivity index (χ4n) is 3.87. The lowest BCUT2D eigenvalue weighted by Gasteiger charge is -2.34. The van der Waals surface area contributed by atoms with E-state index in [-0.39, 0.29) is 47.0 Å². The molecule has 1 atom stereocenters. The molecule has 0 bridgehead atoms. The third-order valence-corrected chi connectivity index (χ3v) is 5.51. The van der Waals surface area contributed by atoms with E-state index in [4.69, 9.17) is 4.74 Å². The first-order chi connectivity index (χ1) is 14.7. The van der Waals surface area contributed by atoms with E-state index in [1.807, 2.05) is 0 Å². The Kier molecular flexibility index (Phi) is 5.14. The van der Waals surface area contributed by atoms with Crippen molar-refractivity contribution in [1.82, 2.24) is 14.9 Å². The molecule has 4 rings (SSSR count). The third-order valence-electron chi connectivity index (χ3n) is 5.51. The maximum atomic E-state index is 13.5. The number of carboxylic acids is 1. The minimum atomic E-state index is -1.68. The molecular formula is C22H22FN3O5. The van der Waals surface area contributed by atoms with Crippen LogP contribution in [0.2, 0.25) is 0 Å². The van der Waals surface area contributed by atoms with Crippen molar-refractivity contribution in [2.45, 2.75) is 38.5 Å². The lowest BCUT2D eigenvalue weighted by atomic mass is 9.98. The summed E-state index contributed by atoms with van der Waals surface area (Å²) in [4.78, 5) is 29.5. The van der Waals surface area contributed by atoms with Crippen molar-refractivity contribution in [3.05, 3.63) is 63.4 Å². The topological polar surface area (TPSA) is 114 Å². The van der Waals surface area contributed by atoms with E-state index in [2.05, 4.69) is 10.3 Å². The minimum Gasteiger partial charge on any atom is -0.505 e. The summed E-state index contributed by atoms with van der Waals surface area (Å²) in [7, 11) is 1.64. The number of hydrogen-bond acceptors (Lipinski definition) is 6. The van der Waals surface area contributed by atoms with E-state index in [0.29, 0.717) is 18.4 Å². The first-order valence-electron chi connectivity index (χ1n) is 9.80. The fraction of sp³-hybridized carbons (Fsp3) is 0.318. The fourth-order valence-corrected chi connectivity index (χ4v) is 3.87. The predicted molar refractivity (Wildman–Crippen MR) is 112 cm³/mol. The summed E-state index contributed by atoms with van der Waals surface area (Å²) in [5, 5.41) is 23.3. The highest BCUT2D eigenvalue weighted by Crippen LogP contribution is 2.40. The summed E-state index contributed by atoms with van der Waals surface area (Å²) in [5.74, 6) is -1.66. The predicted octanol–water partition coefficient (Wildman–Crippen LogP) is 2.34. The molecular weight excluding hydrogens is 405 g/mol. The molecule has 2 aliphatic rings. The van der Waals surface area contributed by atoms with Gasteiger partial charge in [-0.1, -0.05) is 17.7 Å². The highest BCUT2D eigenvalue weighted by molar-refractivity contribution is 5.90. The summed E-state index contributed by atoms with van der Waals surface area (Å²) in [6, 6.07) is 0. The van der Waals surface area contributed by atoms with E-state index >= 15 is 0 Å². The number of nitrogens with one attached hydrogen (secondary N) is 1. The molecule has 0 saturated heterocycles. The molecule has 0 saturated carbocycles. The Morgan fingerprint density at radius 2 is 2.19 bits per heavy atom. The van der Waals surface area contributed by atoms with Crippen molar-refractivity contribution in [3.63, 3.8) is 0 Å². The van der Waals surface area contributed by atoms with Crippen molar-refractivity contribution in [2.75, 3.05) is 7.05 Å². The number of allylic oxidation sites excluding steroid dienone is 6. The van der Waals surface area contributed by atoms with Crippen molar-refractivity contribution in [2.24, 2.45) is 0 Å². The van der Waals surface area contributed by atoms with Gasteiger partial charge in [0.15, 0.2) is 11.5 Å². The van der Waals surface area contributed by atoms with Crippen LogP contribution in [-0.4, -0.2) is 38.4 Å². The lowest BCUT2D eigenvalue weighted by Crippen LogP contribution is -2.50. The summed E-state index contributed by atoms with van der Waals surface area (Å²) in [6.45, 7) is 1.27. The molecule has 0 fully saturated rings. The zero-order chi connectivity index (χ0) is 22.3. The highest BCUT2D eigenvalue weighted by atomic mass is 19.1. The normalized spacial score (nSPS) is 20.1. The van der Waals surface area contributed by atoms with Gasteiger partial charge in [0.05, 0.1) is 12.1 Å². The second-order valence-electron chi connectivity index (χ2n) is 7.86. The number of nitrogens with zero attached hydrogens (tertiary/aromatic N) is 2. The van der Waals surface area contributed by atoms with Gasteiger partial charge in [-0.15, -0.1) is 0 Å². The largest absolute Gasteiger partial charge is 0.505 e. The number of halogens is 1. The van der Waals surface area contributed by atoms with Crippen LogP contribution in [0.3, 0.4) is 0 Å². The van der Waals surface area contributed by atoms with E-state index in [9.17, 15) is 24.2 Å². The van der Waals surface area contributed by atoms with Gasteiger partial charge in [-0.25, -0.2) is 9.18 Å². The Balaban J connectivity index is 1.95. The smallest absolute Gasteiger partial charge is 0.349 e. The van der Waals surface area contributed by atoms with Crippen LogP contribution in [0.5, 0.6) is 11.5 Å². The van der Waals surface area contributed by atoms with Crippen LogP contribution >= 0.6 is 0 Å². The molecule has 1 aliphatic heterocycles. The first-order valence-corrected chi connectivity index (χ1v) is 9.80.